The zero-order valence-electron chi connectivity index (χ0n) is 20.5. The normalized spacial score (nSPS) is 12.4. The lowest BCUT2D eigenvalue weighted by Gasteiger charge is -2.17. The van der Waals surface area contributed by atoms with Crippen molar-refractivity contribution >= 4 is 38.4 Å². The van der Waals surface area contributed by atoms with Crippen molar-refractivity contribution < 1.29 is 14.2 Å². The molecule has 10 heteroatoms. The molecule has 3 aromatic rings. The van der Waals surface area contributed by atoms with Crippen LogP contribution in [0.25, 0.3) is 22.2 Å². The summed E-state index contributed by atoms with van der Waals surface area (Å²) < 4.78 is 18.9. The highest BCUT2D eigenvalue weighted by molar-refractivity contribution is 7.07. The number of aromatic nitrogens is 3. The molecular weight excluding hydrogens is 471 g/mol. The number of ether oxygens (including phenoxy) is 3. The first-order valence-corrected chi connectivity index (χ1v) is 19.6. The van der Waals surface area contributed by atoms with Crippen LogP contribution in [0.4, 0.5) is 0 Å². The van der Waals surface area contributed by atoms with Crippen LogP contribution in [0.1, 0.15) is 0 Å². The maximum atomic E-state index is 13.2. The van der Waals surface area contributed by atoms with Crippen LogP contribution in [0.5, 0.6) is 5.75 Å². The largest absolute Gasteiger partial charge is 0.465 e. The van der Waals surface area contributed by atoms with E-state index in [-0.39, 0.29) is 19.1 Å². The SMILES string of the molecule is C[Si](C)(C)CCOCOc1cc(-c2cscn2)cc2c(=O)n(COCC[Si](C)(C)C)cnc12. The van der Waals surface area contributed by atoms with Gasteiger partial charge in [-0.25, -0.2) is 9.97 Å². The van der Waals surface area contributed by atoms with Crippen LogP contribution in [-0.4, -0.2) is 50.7 Å². The van der Waals surface area contributed by atoms with Gasteiger partial charge in [-0.05, 0) is 24.2 Å². The van der Waals surface area contributed by atoms with Gasteiger partial charge in [0, 0.05) is 40.3 Å². The van der Waals surface area contributed by atoms with Crippen molar-refractivity contribution in [1.82, 2.24) is 14.5 Å². The second kappa shape index (κ2) is 11.0. The Balaban J connectivity index is 1.82. The molecular formula is C23H35N3O4SSi2. The summed E-state index contributed by atoms with van der Waals surface area (Å²) in [7, 11) is -2.36. The molecule has 0 fully saturated rings. The molecule has 33 heavy (non-hydrogen) atoms. The smallest absolute Gasteiger partial charge is 0.263 e. The monoisotopic (exact) mass is 505 g/mol. The molecule has 0 aliphatic carbocycles. The Morgan fingerprint density at radius 1 is 0.970 bits per heavy atom. The molecule has 3 rings (SSSR count). The zero-order valence-corrected chi connectivity index (χ0v) is 23.3. The number of benzene rings is 1. The summed E-state index contributed by atoms with van der Waals surface area (Å²) in [5.74, 6) is 0.521. The van der Waals surface area contributed by atoms with Gasteiger partial charge in [-0.1, -0.05) is 39.3 Å². The second-order valence-corrected chi connectivity index (χ2v) is 22.6. The highest BCUT2D eigenvalue weighted by atomic mass is 32.1. The lowest BCUT2D eigenvalue weighted by atomic mass is 10.1. The highest BCUT2D eigenvalue weighted by Gasteiger charge is 2.16. The van der Waals surface area contributed by atoms with E-state index in [4.69, 9.17) is 14.2 Å². The number of nitrogens with zero attached hydrogens (tertiary/aromatic N) is 3. The van der Waals surface area contributed by atoms with Crippen LogP contribution in [0.3, 0.4) is 0 Å². The van der Waals surface area contributed by atoms with Crippen molar-refractivity contribution in [2.24, 2.45) is 0 Å². The quantitative estimate of drug-likeness (QED) is 0.183. The van der Waals surface area contributed by atoms with Crippen LogP contribution in [0.2, 0.25) is 51.4 Å². The topological polar surface area (TPSA) is 75.5 Å². The zero-order chi connectivity index (χ0) is 24.1. The van der Waals surface area contributed by atoms with E-state index in [1.165, 1.54) is 22.2 Å². The van der Waals surface area contributed by atoms with Gasteiger partial charge in [-0.2, -0.15) is 0 Å². The molecule has 7 nitrogen and oxygen atoms in total. The van der Waals surface area contributed by atoms with Gasteiger partial charge < -0.3 is 14.2 Å². The average molecular weight is 506 g/mol. The Morgan fingerprint density at radius 2 is 1.67 bits per heavy atom. The number of thiazole rings is 1. The Kier molecular flexibility index (Phi) is 8.62. The third kappa shape index (κ3) is 7.85. The standard InChI is InChI=1S/C23H35N3O4SSi2/c1-32(2,3)9-7-28-16-26-14-24-22-19(23(26)27)11-18(20-13-31-15-25-20)12-21(22)30-17-29-8-10-33(4,5)6/h11-15H,7-10,16-17H2,1-6H3. The molecule has 0 aliphatic heterocycles. The van der Waals surface area contributed by atoms with Crippen molar-refractivity contribution in [3.63, 3.8) is 0 Å². The van der Waals surface area contributed by atoms with Crippen molar-refractivity contribution in [3.05, 3.63) is 39.7 Å². The summed E-state index contributed by atoms with van der Waals surface area (Å²) in [6, 6.07) is 5.82. The minimum Gasteiger partial charge on any atom is -0.465 e. The maximum Gasteiger partial charge on any atom is 0.263 e. The molecule has 0 radical (unpaired) electrons. The van der Waals surface area contributed by atoms with Crippen LogP contribution in [0.15, 0.2) is 34.1 Å². The van der Waals surface area contributed by atoms with E-state index in [0.717, 1.165) is 23.3 Å². The van der Waals surface area contributed by atoms with Gasteiger partial charge in [0.1, 0.15) is 24.3 Å². The molecule has 0 unspecified atom stereocenters. The number of fused-ring (bicyclic) bond motifs is 1. The number of hydrogen-bond acceptors (Lipinski definition) is 7. The van der Waals surface area contributed by atoms with E-state index < -0.39 is 16.1 Å². The fraction of sp³-hybridized carbons (Fsp3) is 0.522. The van der Waals surface area contributed by atoms with Gasteiger partial charge in [0.25, 0.3) is 5.56 Å². The van der Waals surface area contributed by atoms with Gasteiger partial charge in [0.15, 0.2) is 6.79 Å². The van der Waals surface area contributed by atoms with E-state index in [1.54, 1.807) is 5.51 Å². The summed E-state index contributed by atoms with van der Waals surface area (Å²) >= 11 is 1.51. The first-order valence-electron chi connectivity index (χ1n) is 11.2. The maximum absolute atomic E-state index is 13.2. The summed E-state index contributed by atoms with van der Waals surface area (Å²) in [4.78, 5) is 22.2. The highest BCUT2D eigenvalue weighted by Crippen LogP contribution is 2.30. The third-order valence-electron chi connectivity index (χ3n) is 5.14. The predicted molar refractivity (Wildman–Crippen MR) is 141 cm³/mol. The van der Waals surface area contributed by atoms with E-state index in [0.29, 0.717) is 29.9 Å². The fourth-order valence-electron chi connectivity index (χ4n) is 3.03. The lowest BCUT2D eigenvalue weighted by molar-refractivity contribution is 0.0228. The number of rotatable bonds is 12. The minimum absolute atomic E-state index is 0.116. The average Bonchev–Trinajstić information content (AvgIpc) is 3.25. The van der Waals surface area contributed by atoms with Crippen molar-refractivity contribution in [1.29, 1.82) is 0 Å². The van der Waals surface area contributed by atoms with E-state index in [2.05, 4.69) is 49.3 Å². The summed E-state index contributed by atoms with van der Waals surface area (Å²) in [6.45, 7) is 15.4. The Labute approximate surface area is 201 Å². The van der Waals surface area contributed by atoms with Gasteiger partial charge in [0.2, 0.25) is 0 Å². The summed E-state index contributed by atoms with van der Waals surface area (Å²) in [5, 5.41) is 2.43. The van der Waals surface area contributed by atoms with Crippen LogP contribution in [-0.2, 0) is 16.2 Å². The fourth-order valence-corrected chi connectivity index (χ4v) is 5.10. The van der Waals surface area contributed by atoms with Crippen molar-refractivity contribution in [2.75, 3.05) is 20.0 Å². The van der Waals surface area contributed by atoms with Gasteiger partial charge in [0.05, 0.1) is 16.6 Å². The predicted octanol–water partition coefficient (Wildman–Crippen LogP) is 5.52. The summed E-state index contributed by atoms with van der Waals surface area (Å²) in [5.41, 5.74) is 3.75. The Hall–Kier alpha value is -1.86. The Morgan fingerprint density at radius 3 is 2.30 bits per heavy atom. The molecule has 180 valence electrons. The molecule has 0 spiro atoms. The van der Waals surface area contributed by atoms with Crippen LogP contribution in [0, 0.1) is 0 Å². The lowest BCUT2D eigenvalue weighted by Crippen LogP contribution is -2.25. The molecule has 0 saturated heterocycles. The van der Waals surface area contributed by atoms with E-state index >= 15 is 0 Å². The molecule has 0 atom stereocenters. The van der Waals surface area contributed by atoms with Crippen LogP contribution >= 0.6 is 11.3 Å². The third-order valence-corrected chi connectivity index (χ3v) is 9.14. The molecule has 0 N–H and O–H groups in total. The molecule has 2 heterocycles. The number of hydrogen-bond donors (Lipinski definition) is 0. The van der Waals surface area contributed by atoms with E-state index in [9.17, 15) is 4.79 Å². The molecule has 0 amide bonds. The van der Waals surface area contributed by atoms with Gasteiger partial charge in [-0.15, -0.1) is 11.3 Å². The molecule has 0 aliphatic rings. The first kappa shape index (κ1) is 25.8. The Bertz CT molecular complexity index is 1110. The molecule has 2 aromatic heterocycles. The first-order chi connectivity index (χ1) is 15.5. The molecule has 1 aromatic carbocycles. The van der Waals surface area contributed by atoms with Crippen molar-refractivity contribution in [2.45, 2.75) is 58.1 Å². The van der Waals surface area contributed by atoms with Gasteiger partial charge >= 0.3 is 0 Å². The molecule has 0 bridgehead atoms. The minimum atomic E-state index is -1.19. The van der Waals surface area contributed by atoms with Crippen LogP contribution < -0.4 is 10.3 Å². The van der Waals surface area contributed by atoms with Crippen molar-refractivity contribution in [3.8, 4) is 17.0 Å². The second-order valence-electron chi connectivity index (χ2n) is 10.6. The summed E-state index contributed by atoms with van der Waals surface area (Å²) in [6.07, 6.45) is 1.53. The molecule has 0 saturated carbocycles. The van der Waals surface area contributed by atoms with E-state index in [1.807, 2.05) is 17.5 Å². The van der Waals surface area contributed by atoms with Gasteiger partial charge in [-0.3, -0.25) is 9.36 Å².